The molecule has 0 spiro atoms. The van der Waals surface area contributed by atoms with Crippen LogP contribution in [-0.2, 0) is 6.42 Å². The molecule has 1 aromatic rings. The van der Waals surface area contributed by atoms with Gasteiger partial charge in [-0.05, 0) is 123 Å². The van der Waals surface area contributed by atoms with Gasteiger partial charge in [0.05, 0.1) is 7.11 Å². The summed E-state index contributed by atoms with van der Waals surface area (Å²) in [6, 6.07) is 1.94. The van der Waals surface area contributed by atoms with Gasteiger partial charge in [0.25, 0.3) is 0 Å². The van der Waals surface area contributed by atoms with Crippen molar-refractivity contribution in [1.82, 2.24) is 0 Å². The third kappa shape index (κ3) is 5.13. The summed E-state index contributed by atoms with van der Waals surface area (Å²) in [7, 11) is 1.56. The van der Waals surface area contributed by atoms with Crippen molar-refractivity contribution in [3.63, 3.8) is 0 Å². The predicted octanol–water partition coefficient (Wildman–Crippen LogP) is 9.93. The lowest BCUT2D eigenvalue weighted by molar-refractivity contribution is -0.0581. The van der Waals surface area contributed by atoms with Gasteiger partial charge in [-0.2, -0.15) is 0 Å². The van der Waals surface area contributed by atoms with Crippen LogP contribution in [0.25, 0.3) is 0 Å². The maximum absolute atomic E-state index is 10.4. The predicted molar refractivity (Wildman–Crippen MR) is 166 cm³/mol. The van der Waals surface area contributed by atoms with Crippen LogP contribution < -0.4 is 4.74 Å². The fraction of sp³-hybridized carbons (Fsp3) is 0.730. The van der Waals surface area contributed by atoms with Crippen molar-refractivity contribution in [2.75, 3.05) is 7.11 Å². The van der Waals surface area contributed by atoms with Crippen molar-refractivity contribution in [3.8, 4) is 17.2 Å². The van der Waals surface area contributed by atoms with Crippen molar-refractivity contribution in [2.24, 2.45) is 46.3 Å². The second-order valence-electron chi connectivity index (χ2n) is 15.1. The molecule has 4 aliphatic carbocycles. The van der Waals surface area contributed by atoms with Crippen molar-refractivity contribution in [1.29, 1.82) is 0 Å². The third-order valence-electron chi connectivity index (χ3n) is 12.5. The van der Waals surface area contributed by atoms with Gasteiger partial charge in [-0.15, -0.1) is 0 Å². The van der Waals surface area contributed by atoms with Crippen LogP contribution in [0.5, 0.6) is 17.2 Å². The van der Waals surface area contributed by atoms with Gasteiger partial charge in [0.15, 0.2) is 11.5 Å². The molecule has 5 rings (SSSR count). The summed E-state index contributed by atoms with van der Waals surface area (Å²) in [6.45, 7) is 14.5. The van der Waals surface area contributed by atoms with Crippen molar-refractivity contribution < 1.29 is 14.9 Å². The molecule has 40 heavy (non-hydrogen) atoms. The van der Waals surface area contributed by atoms with Crippen molar-refractivity contribution >= 4 is 0 Å². The van der Waals surface area contributed by atoms with Gasteiger partial charge in [0.2, 0.25) is 5.75 Å². The number of rotatable bonds is 8. The van der Waals surface area contributed by atoms with E-state index >= 15 is 0 Å². The zero-order valence-corrected chi connectivity index (χ0v) is 26.5. The molecular formula is C37H56O3. The normalized spacial score (nSPS) is 35.2. The Labute approximate surface area is 244 Å². The number of hydrogen-bond donors (Lipinski definition) is 2. The highest BCUT2D eigenvalue weighted by Crippen LogP contribution is 2.68. The van der Waals surface area contributed by atoms with E-state index in [1.807, 2.05) is 13.0 Å². The number of allylic oxidation sites excluding steroid dienone is 4. The molecule has 1 aromatic carbocycles. The Hall–Kier alpha value is -1.90. The maximum atomic E-state index is 10.4. The molecule has 3 fully saturated rings. The molecule has 0 aromatic heterocycles. The molecule has 0 saturated heterocycles. The van der Waals surface area contributed by atoms with Gasteiger partial charge in [0.1, 0.15) is 0 Å². The van der Waals surface area contributed by atoms with Crippen LogP contribution >= 0.6 is 0 Å². The number of phenolic OH excluding ortho intramolecular Hbond substituents is 2. The zero-order chi connectivity index (χ0) is 28.8. The van der Waals surface area contributed by atoms with E-state index in [2.05, 4.69) is 46.8 Å². The molecular weight excluding hydrogens is 492 g/mol. The molecule has 0 amide bonds. The molecule has 3 heteroatoms. The van der Waals surface area contributed by atoms with Crippen LogP contribution in [0, 0.1) is 53.3 Å². The van der Waals surface area contributed by atoms with Crippen LogP contribution in [0.1, 0.15) is 116 Å². The molecule has 0 heterocycles. The number of hydrogen-bond acceptors (Lipinski definition) is 3. The van der Waals surface area contributed by atoms with Gasteiger partial charge in [0, 0.05) is 5.56 Å². The number of fused-ring (bicyclic) bond motifs is 5. The second-order valence-corrected chi connectivity index (χ2v) is 15.1. The van der Waals surface area contributed by atoms with E-state index in [9.17, 15) is 10.2 Å². The third-order valence-corrected chi connectivity index (χ3v) is 12.5. The molecule has 4 aliphatic rings. The fourth-order valence-electron chi connectivity index (χ4n) is 10.3. The van der Waals surface area contributed by atoms with Crippen molar-refractivity contribution in [2.45, 2.75) is 119 Å². The van der Waals surface area contributed by atoms with E-state index in [-0.39, 0.29) is 11.5 Å². The number of aromatic hydroxyl groups is 2. The first kappa shape index (κ1) is 29.6. The summed E-state index contributed by atoms with van der Waals surface area (Å²) in [6.07, 6.45) is 20.6. The number of aryl methyl sites for hydroxylation is 1. The Kier molecular flexibility index (Phi) is 8.44. The largest absolute Gasteiger partial charge is 0.504 e. The number of benzene rings is 1. The molecule has 0 radical (unpaired) electrons. The molecule has 7 atom stereocenters. The maximum Gasteiger partial charge on any atom is 0.201 e. The quantitative estimate of drug-likeness (QED) is 0.318. The van der Waals surface area contributed by atoms with Gasteiger partial charge in [-0.3, -0.25) is 0 Å². The summed E-state index contributed by atoms with van der Waals surface area (Å²) < 4.78 is 5.45. The van der Waals surface area contributed by atoms with Crippen molar-refractivity contribution in [3.05, 3.63) is 40.5 Å². The van der Waals surface area contributed by atoms with Gasteiger partial charge >= 0.3 is 0 Å². The Balaban J connectivity index is 1.30. The minimum Gasteiger partial charge on any atom is -0.504 e. The van der Waals surface area contributed by atoms with E-state index in [4.69, 9.17) is 4.74 Å². The lowest BCUT2D eigenvalue weighted by Gasteiger charge is -2.59. The average molecular weight is 549 g/mol. The zero-order valence-electron chi connectivity index (χ0n) is 26.5. The van der Waals surface area contributed by atoms with Crippen LogP contribution in [0.4, 0.5) is 0 Å². The van der Waals surface area contributed by atoms with Gasteiger partial charge in [-0.1, -0.05) is 77.2 Å². The molecule has 2 N–H and O–H groups in total. The van der Waals surface area contributed by atoms with Crippen LogP contribution in [0.3, 0.4) is 0 Å². The van der Waals surface area contributed by atoms with E-state index in [0.29, 0.717) is 28.6 Å². The van der Waals surface area contributed by atoms with E-state index in [1.165, 1.54) is 69.8 Å². The first-order valence-electron chi connectivity index (χ1n) is 16.5. The topological polar surface area (TPSA) is 49.7 Å². The standard InChI is InChI=1S/C37H56O3/c1-23(2)9-8-10-24(3)30-15-16-31-29-14-13-28-22-26(17-19-36(28,5)32(29)18-20-37(30,31)6)11-12-27-21-25(4)33(38)34(39)35(27)40-7/h11,21-24,29-32,38-39H,8-10,12-20H2,1-7H3/b26-11+/t24-,29+,30-,31+,32+,36+,37-/m1/s1. The first-order chi connectivity index (χ1) is 19.0. The summed E-state index contributed by atoms with van der Waals surface area (Å²) in [5.74, 6) is 5.48. The molecule has 222 valence electrons. The summed E-state index contributed by atoms with van der Waals surface area (Å²) in [4.78, 5) is 0. The van der Waals surface area contributed by atoms with Crippen LogP contribution in [0.15, 0.2) is 29.4 Å². The van der Waals surface area contributed by atoms with Crippen LogP contribution in [0.2, 0.25) is 0 Å². The highest BCUT2D eigenvalue weighted by atomic mass is 16.5. The van der Waals surface area contributed by atoms with Crippen LogP contribution in [-0.4, -0.2) is 17.3 Å². The molecule has 3 saturated carbocycles. The van der Waals surface area contributed by atoms with E-state index in [0.717, 1.165) is 47.5 Å². The number of phenols is 2. The Morgan fingerprint density at radius 2 is 1.75 bits per heavy atom. The smallest absolute Gasteiger partial charge is 0.201 e. The summed E-state index contributed by atoms with van der Waals surface area (Å²) in [5, 5.41) is 20.5. The monoisotopic (exact) mass is 548 g/mol. The Morgan fingerprint density at radius 1 is 0.975 bits per heavy atom. The SMILES string of the molecule is COc1c(C/C=C2/C=C3CC[C@H]4[C@@H]5CC[C@H]([C@H](C)CCCC(C)C)[C@@]5(C)CC[C@@H]4[C@@]3(C)CC2)cc(C)c(O)c1O. The lowest BCUT2D eigenvalue weighted by Crippen LogP contribution is -2.50. The second kappa shape index (κ2) is 11.4. The molecule has 3 nitrogen and oxygen atoms in total. The highest BCUT2D eigenvalue weighted by molar-refractivity contribution is 5.58. The number of ether oxygens (including phenoxy) is 1. The Morgan fingerprint density at radius 3 is 2.48 bits per heavy atom. The van der Waals surface area contributed by atoms with Gasteiger partial charge < -0.3 is 14.9 Å². The first-order valence-corrected chi connectivity index (χ1v) is 16.5. The van der Waals surface area contributed by atoms with E-state index in [1.54, 1.807) is 12.7 Å². The molecule has 0 bridgehead atoms. The van der Waals surface area contributed by atoms with Gasteiger partial charge in [-0.25, -0.2) is 0 Å². The number of methoxy groups -OCH3 is 1. The Bertz CT molecular complexity index is 1140. The summed E-state index contributed by atoms with van der Waals surface area (Å²) >= 11 is 0. The minimum atomic E-state index is -0.146. The minimum absolute atomic E-state index is 0.0849. The lowest BCUT2D eigenvalue weighted by atomic mass is 9.46. The van der Waals surface area contributed by atoms with E-state index < -0.39 is 0 Å². The molecule has 0 unspecified atom stereocenters. The molecule has 0 aliphatic heterocycles. The highest BCUT2D eigenvalue weighted by Gasteiger charge is 2.59. The fourth-order valence-corrected chi connectivity index (χ4v) is 10.3. The summed E-state index contributed by atoms with van der Waals surface area (Å²) in [5.41, 5.74) is 5.65. The average Bonchev–Trinajstić information content (AvgIpc) is 3.27.